The van der Waals surface area contributed by atoms with E-state index in [1.807, 2.05) is 6.92 Å². The second-order valence-electron chi connectivity index (χ2n) is 3.75. The molecule has 1 rings (SSSR count). The highest BCUT2D eigenvalue weighted by Crippen LogP contribution is 2.26. The lowest BCUT2D eigenvalue weighted by atomic mass is 9.92. The SMILES string of the molecule is CC(CCN)C(N)c1cc(Br)ccc1F. The van der Waals surface area contributed by atoms with Gasteiger partial charge in [-0.25, -0.2) is 4.39 Å². The number of hydrogen-bond donors (Lipinski definition) is 2. The molecule has 0 saturated heterocycles. The lowest BCUT2D eigenvalue weighted by molar-refractivity contribution is 0.429. The Balaban J connectivity index is 2.89. The van der Waals surface area contributed by atoms with Gasteiger partial charge in [-0.15, -0.1) is 0 Å². The van der Waals surface area contributed by atoms with Gasteiger partial charge in [0, 0.05) is 16.1 Å². The van der Waals surface area contributed by atoms with Gasteiger partial charge in [0.25, 0.3) is 0 Å². The minimum Gasteiger partial charge on any atom is -0.330 e. The normalized spacial score (nSPS) is 15.0. The van der Waals surface area contributed by atoms with E-state index in [1.165, 1.54) is 6.07 Å². The Hall–Kier alpha value is -0.450. The number of nitrogens with two attached hydrogens (primary N) is 2. The molecule has 15 heavy (non-hydrogen) atoms. The zero-order valence-corrected chi connectivity index (χ0v) is 10.3. The summed E-state index contributed by atoms with van der Waals surface area (Å²) in [5, 5.41) is 0. The van der Waals surface area contributed by atoms with Gasteiger partial charge in [-0.05, 0) is 37.1 Å². The topological polar surface area (TPSA) is 52.0 Å². The van der Waals surface area contributed by atoms with Crippen molar-refractivity contribution in [1.82, 2.24) is 0 Å². The summed E-state index contributed by atoms with van der Waals surface area (Å²) in [4.78, 5) is 0. The van der Waals surface area contributed by atoms with E-state index in [2.05, 4.69) is 15.9 Å². The minimum absolute atomic E-state index is 0.179. The van der Waals surface area contributed by atoms with E-state index in [9.17, 15) is 4.39 Å². The molecule has 2 atom stereocenters. The van der Waals surface area contributed by atoms with E-state index in [-0.39, 0.29) is 17.8 Å². The molecule has 0 saturated carbocycles. The third-order valence-corrected chi connectivity index (χ3v) is 3.05. The second kappa shape index (κ2) is 5.58. The molecular formula is C11H16BrFN2. The van der Waals surface area contributed by atoms with Crippen LogP contribution in [0.15, 0.2) is 22.7 Å². The van der Waals surface area contributed by atoms with Crippen molar-refractivity contribution in [2.45, 2.75) is 19.4 Å². The summed E-state index contributed by atoms with van der Waals surface area (Å²) in [6.45, 7) is 2.56. The van der Waals surface area contributed by atoms with Crippen LogP contribution in [0.25, 0.3) is 0 Å². The van der Waals surface area contributed by atoms with Gasteiger partial charge in [0.2, 0.25) is 0 Å². The number of halogens is 2. The van der Waals surface area contributed by atoms with Crippen molar-refractivity contribution < 1.29 is 4.39 Å². The van der Waals surface area contributed by atoms with E-state index in [0.29, 0.717) is 12.1 Å². The maximum atomic E-state index is 13.5. The van der Waals surface area contributed by atoms with Crippen LogP contribution >= 0.6 is 15.9 Å². The van der Waals surface area contributed by atoms with E-state index < -0.39 is 0 Å². The molecule has 0 bridgehead atoms. The van der Waals surface area contributed by atoms with Crippen LogP contribution in [0.1, 0.15) is 24.9 Å². The largest absolute Gasteiger partial charge is 0.330 e. The number of rotatable bonds is 4. The van der Waals surface area contributed by atoms with Crippen molar-refractivity contribution in [2.24, 2.45) is 17.4 Å². The maximum absolute atomic E-state index is 13.5. The predicted molar refractivity (Wildman–Crippen MR) is 63.9 cm³/mol. The summed E-state index contributed by atoms with van der Waals surface area (Å²) in [7, 11) is 0. The average Bonchev–Trinajstić information content (AvgIpc) is 2.21. The molecule has 0 aliphatic carbocycles. The molecule has 2 unspecified atom stereocenters. The molecule has 0 aliphatic heterocycles. The summed E-state index contributed by atoms with van der Waals surface area (Å²) in [5.74, 6) is -0.0756. The fourth-order valence-electron chi connectivity index (χ4n) is 1.52. The zero-order valence-electron chi connectivity index (χ0n) is 8.71. The first kappa shape index (κ1) is 12.6. The third kappa shape index (κ3) is 3.26. The lowest BCUT2D eigenvalue weighted by Gasteiger charge is -2.20. The highest BCUT2D eigenvalue weighted by molar-refractivity contribution is 9.10. The van der Waals surface area contributed by atoms with Crippen molar-refractivity contribution in [2.75, 3.05) is 6.54 Å². The Morgan fingerprint density at radius 3 is 2.73 bits per heavy atom. The van der Waals surface area contributed by atoms with E-state index in [4.69, 9.17) is 11.5 Å². The van der Waals surface area contributed by atoms with Crippen LogP contribution in [0.4, 0.5) is 4.39 Å². The van der Waals surface area contributed by atoms with E-state index in [0.717, 1.165) is 10.9 Å². The van der Waals surface area contributed by atoms with Crippen LogP contribution in [-0.2, 0) is 0 Å². The first-order chi connectivity index (χ1) is 7.06. The summed E-state index contributed by atoms with van der Waals surface area (Å²) in [5.41, 5.74) is 12.0. The standard InChI is InChI=1S/C11H16BrFN2/c1-7(4-5-14)11(15)9-6-8(12)2-3-10(9)13/h2-3,6-7,11H,4-5,14-15H2,1H3. The molecular weight excluding hydrogens is 259 g/mol. The van der Waals surface area contributed by atoms with E-state index >= 15 is 0 Å². The first-order valence-corrected chi connectivity index (χ1v) is 5.76. The Morgan fingerprint density at radius 2 is 2.13 bits per heavy atom. The fraction of sp³-hybridized carbons (Fsp3) is 0.455. The molecule has 1 aromatic rings. The van der Waals surface area contributed by atoms with Gasteiger partial charge in [0.15, 0.2) is 0 Å². The smallest absolute Gasteiger partial charge is 0.128 e. The summed E-state index contributed by atoms with van der Waals surface area (Å²) in [6.07, 6.45) is 0.799. The molecule has 0 heterocycles. The molecule has 0 amide bonds. The molecule has 0 aliphatic rings. The van der Waals surface area contributed by atoms with Crippen molar-refractivity contribution in [3.8, 4) is 0 Å². The monoisotopic (exact) mass is 274 g/mol. The summed E-state index contributed by atoms with van der Waals surface area (Å²) >= 11 is 3.31. The van der Waals surface area contributed by atoms with Crippen LogP contribution in [0, 0.1) is 11.7 Å². The van der Waals surface area contributed by atoms with E-state index in [1.54, 1.807) is 12.1 Å². The Kier molecular flexibility index (Phi) is 4.70. The van der Waals surface area contributed by atoms with Crippen LogP contribution in [-0.4, -0.2) is 6.54 Å². The Labute approximate surface area is 98.0 Å². The molecule has 1 aromatic carbocycles. The highest BCUT2D eigenvalue weighted by atomic mass is 79.9. The van der Waals surface area contributed by atoms with Gasteiger partial charge in [-0.1, -0.05) is 22.9 Å². The number of benzene rings is 1. The molecule has 0 aromatic heterocycles. The van der Waals surface area contributed by atoms with Gasteiger partial charge in [-0.3, -0.25) is 0 Å². The quantitative estimate of drug-likeness (QED) is 0.887. The van der Waals surface area contributed by atoms with Gasteiger partial charge < -0.3 is 11.5 Å². The first-order valence-electron chi connectivity index (χ1n) is 4.97. The molecule has 2 nitrogen and oxygen atoms in total. The molecule has 0 radical (unpaired) electrons. The van der Waals surface area contributed by atoms with Crippen molar-refractivity contribution >= 4 is 15.9 Å². The maximum Gasteiger partial charge on any atom is 0.128 e. The Bertz CT molecular complexity index is 330. The average molecular weight is 275 g/mol. The van der Waals surface area contributed by atoms with Crippen molar-refractivity contribution in [3.05, 3.63) is 34.1 Å². The van der Waals surface area contributed by atoms with Gasteiger partial charge in [0.05, 0.1) is 0 Å². The molecule has 4 N–H and O–H groups in total. The lowest BCUT2D eigenvalue weighted by Crippen LogP contribution is -2.22. The molecule has 84 valence electrons. The summed E-state index contributed by atoms with van der Waals surface area (Å²) < 4.78 is 14.3. The van der Waals surface area contributed by atoms with Gasteiger partial charge in [-0.2, -0.15) is 0 Å². The second-order valence-corrected chi connectivity index (χ2v) is 4.66. The van der Waals surface area contributed by atoms with Crippen LogP contribution in [0.3, 0.4) is 0 Å². The van der Waals surface area contributed by atoms with Crippen LogP contribution in [0.5, 0.6) is 0 Å². The highest BCUT2D eigenvalue weighted by Gasteiger charge is 2.17. The Morgan fingerprint density at radius 1 is 1.47 bits per heavy atom. The molecule has 0 spiro atoms. The van der Waals surface area contributed by atoms with Gasteiger partial charge in [0.1, 0.15) is 5.82 Å². The van der Waals surface area contributed by atoms with Crippen LogP contribution in [0.2, 0.25) is 0 Å². The predicted octanol–water partition coefficient (Wildman–Crippen LogP) is 2.57. The minimum atomic E-state index is -0.300. The van der Waals surface area contributed by atoms with Crippen LogP contribution < -0.4 is 11.5 Å². The third-order valence-electron chi connectivity index (χ3n) is 2.55. The molecule has 4 heteroatoms. The summed E-state index contributed by atoms with van der Waals surface area (Å²) in [6, 6.07) is 4.52. The van der Waals surface area contributed by atoms with Crippen molar-refractivity contribution in [3.63, 3.8) is 0 Å². The van der Waals surface area contributed by atoms with Gasteiger partial charge >= 0.3 is 0 Å². The fourth-order valence-corrected chi connectivity index (χ4v) is 1.90. The zero-order chi connectivity index (χ0) is 11.4. The molecule has 0 fully saturated rings. The van der Waals surface area contributed by atoms with Crippen molar-refractivity contribution in [1.29, 1.82) is 0 Å². The number of hydrogen-bond acceptors (Lipinski definition) is 2.